The third-order valence-corrected chi connectivity index (χ3v) is 2.62. The smallest absolute Gasteiger partial charge is 0.121 e. The van der Waals surface area contributed by atoms with E-state index in [1.165, 1.54) is 0 Å². The summed E-state index contributed by atoms with van der Waals surface area (Å²) in [5, 5.41) is 21.5. The number of benzene rings is 1. The van der Waals surface area contributed by atoms with Gasteiger partial charge in [0.25, 0.3) is 0 Å². The molecule has 0 saturated heterocycles. The zero-order valence-corrected chi connectivity index (χ0v) is 9.74. The van der Waals surface area contributed by atoms with Crippen LogP contribution in [0, 0.1) is 11.3 Å². The van der Waals surface area contributed by atoms with Gasteiger partial charge in [0.2, 0.25) is 0 Å². The van der Waals surface area contributed by atoms with Crippen LogP contribution in [0.4, 0.5) is 0 Å². The first-order valence-electron chi connectivity index (χ1n) is 5.60. The minimum Gasteiger partial charge on any atom is -0.508 e. The van der Waals surface area contributed by atoms with Crippen molar-refractivity contribution in [1.82, 2.24) is 10.3 Å². The molecule has 2 N–H and O–H groups in total. The van der Waals surface area contributed by atoms with Gasteiger partial charge < -0.3 is 5.11 Å². The Hall–Kier alpha value is -2.38. The maximum Gasteiger partial charge on any atom is 0.121 e. The fraction of sp³-hybridized carbons (Fsp3) is 0.143. The van der Waals surface area contributed by atoms with Gasteiger partial charge in [0.15, 0.2) is 0 Å². The molecular formula is C14H13N3O. The van der Waals surface area contributed by atoms with E-state index in [0.29, 0.717) is 6.54 Å². The molecule has 0 aliphatic heterocycles. The molecule has 90 valence electrons. The fourth-order valence-electron chi connectivity index (χ4n) is 1.63. The molecule has 1 atom stereocenters. The van der Waals surface area contributed by atoms with Crippen LogP contribution in [0.5, 0.6) is 5.75 Å². The molecule has 0 bridgehead atoms. The molecule has 1 aromatic carbocycles. The molecule has 0 fully saturated rings. The van der Waals surface area contributed by atoms with Crippen molar-refractivity contribution >= 4 is 0 Å². The summed E-state index contributed by atoms with van der Waals surface area (Å²) < 4.78 is 0. The van der Waals surface area contributed by atoms with Crippen molar-refractivity contribution in [2.45, 2.75) is 12.6 Å². The van der Waals surface area contributed by atoms with E-state index in [0.717, 1.165) is 11.1 Å². The van der Waals surface area contributed by atoms with Gasteiger partial charge in [-0.25, -0.2) is 0 Å². The number of aromatic hydroxyl groups is 1. The van der Waals surface area contributed by atoms with E-state index in [2.05, 4.69) is 16.4 Å². The van der Waals surface area contributed by atoms with Crippen LogP contribution in [0.25, 0.3) is 0 Å². The summed E-state index contributed by atoms with van der Waals surface area (Å²) in [6.07, 6.45) is 3.44. The molecule has 2 rings (SSSR count). The second kappa shape index (κ2) is 5.80. The lowest BCUT2D eigenvalue weighted by molar-refractivity contribution is 0.474. The summed E-state index contributed by atoms with van der Waals surface area (Å²) in [5.74, 6) is 0.199. The number of pyridine rings is 1. The van der Waals surface area contributed by atoms with Crippen LogP contribution >= 0.6 is 0 Å². The van der Waals surface area contributed by atoms with Crippen molar-refractivity contribution in [3.63, 3.8) is 0 Å². The Morgan fingerprint density at radius 2 is 1.83 bits per heavy atom. The Morgan fingerprint density at radius 1 is 1.17 bits per heavy atom. The van der Waals surface area contributed by atoms with Crippen molar-refractivity contribution < 1.29 is 5.11 Å². The van der Waals surface area contributed by atoms with Gasteiger partial charge in [0.05, 0.1) is 6.07 Å². The molecule has 1 unspecified atom stereocenters. The molecular weight excluding hydrogens is 226 g/mol. The maximum atomic E-state index is 9.21. The number of aromatic nitrogens is 1. The van der Waals surface area contributed by atoms with Gasteiger partial charge in [-0.2, -0.15) is 5.26 Å². The highest BCUT2D eigenvalue weighted by Crippen LogP contribution is 2.16. The number of phenolic OH excluding ortho intramolecular Hbond substituents is 1. The van der Waals surface area contributed by atoms with E-state index in [1.807, 2.05) is 12.1 Å². The Morgan fingerprint density at radius 3 is 2.44 bits per heavy atom. The highest BCUT2D eigenvalue weighted by atomic mass is 16.3. The minimum absolute atomic E-state index is 0.199. The van der Waals surface area contributed by atoms with E-state index in [1.54, 1.807) is 36.7 Å². The highest BCUT2D eigenvalue weighted by molar-refractivity contribution is 5.30. The maximum absolute atomic E-state index is 9.21. The molecule has 4 nitrogen and oxygen atoms in total. The van der Waals surface area contributed by atoms with E-state index in [4.69, 9.17) is 5.26 Å². The van der Waals surface area contributed by atoms with Gasteiger partial charge in [-0.3, -0.25) is 10.3 Å². The van der Waals surface area contributed by atoms with Crippen LogP contribution < -0.4 is 5.32 Å². The summed E-state index contributed by atoms with van der Waals surface area (Å²) in [7, 11) is 0. The highest BCUT2D eigenvalue weighted by Gasteiger charge is 2.09. The normalized spacial score (nSPS) is 11.7. The Balaban J connectivity index is 2.02. The lowest BCUT2D eigenvalue weighted by Gasteiger charge is -2.11. The summed E-state index contributed by atoms with van der Waals surface area (Å²) in [6.45, 7) is 0.599. The van der Waals surface area contributed by atoms with Crippen LogP contribution in [0.2, 0.25) is 0 Å². The first kappa shape index (κ1) is 12.1. The van der Waals surface area contributed by atoms with Crippen LogP contribution in [0.15, 0.2) is 48.8 Å². The second-order valence-corrected chi connectivity index (χ2v) is 3.89. The first-order chi connectivity index (χ1) is 8.79. The predicted molar refractivity (Wildman–Crippen MR) is 67.5 cm³/mol. The van der Waals surface area contributed by atoms with Gasteiger partial charge in [-0.15, -0.1) is 0 Å². The minimum atomic E-state index is -0.390. The summed E-state index contributed by atoms with van der Waals surface area (Å²) in [4.78, 5) is 3.94. The first-order valence-corrected chi connectivity index (χ1v) is 5.60. The molecule has 2 aromatic rings. The third kappa shape index (κ3) is 3.06. The molecule has 0 spiro atoms. The Labute approximate surface area is 106 Å². The predicted octanol–water partition coefficient (Wildman–Crippen LogP) is 2.14. The van der Waals surface area contributed by atoms with Crippen molar-refractivity contribution in [1.29, 1.82) is 5.26 Å². The third-order valence-electron chi connectivity index (χ3n) is 2.62. The number of nitriles is 1. The number of nitrogens with zero attached hydrogens (tertiary/aromatic N) is 2. The Kier molecular flexibility index (Phi) is 3.90. The number of phenols is 1. The van der Waals surface area contributed by atoms with E-state index < -0.39 is 6.04 Å². The van der Waals surface area contributed by atoms with Crippen LogP contribution in [-0.4, -0.2) is 10.1 Å². The molecule has 0 saturated carbocycles. The Bertz CT molecular complexity index is 531. The zero-order valence-electron chi connectivity index (χ0n) is 9.74. The molecule has 4 heteroatoms. The number of nitrogens with one attached hydrogen (secondary N) is 1. The topological polar surface area (TPSA) is 68.9 Å². The summed E-state index contributed by atoms with van der Waals surface area (Å²) in [5.41, 5.74) is 1.91. The van der Waals surface area contributed by atoms with Crippen molar-refractivity contribution in [3.8, 4) is 11.8 Å². The fourth-order valence-corrected chi connectivity index (χ4v) is 1.63. The molecule has 1 heterocycles. The number of rotatable bonds is 4. The van der Waals surface area contributed by atoms with Gasteiger partial charge in [-0.1, -0.05) is 12.1 Å². The average Bonchev–Trinajstić information content (AvgIpc) is 2.42. The van der Waals surface area contributed by atoms with Crippen molar-refractivity contribution in [2.24, 2.45) is 0 Å². The van der Waals surface area contributed by atoms with Crippen LogP contribution in [-0.2, 0) is 6.54 Å². The lowest BCUT2D eigenvalue weighted by atomic mass is 10.1. The second-order valence-electron chi connectivity index (χ2n) is 3.89. The largest absolute Gasteiger partial charge is 0.508 e. The van der Waals surface area contributed by atoms with E-state index in [9.17, 15) is 5.11 Å². The van der Waals surface area contributed by atoms with Crippen LogP contribution in [0.1, 0.15) is 17.2 Å². The molecule has 0 aliphatic carbocycles. The van der Waals surface area contributed by atoms with E-state index >= 15 is 0 Å². The van der Waals surface area contributed by atoms with Gasteiger partial charge in [0.1, 0.15) is 11.8 Å². The molecule has 0 radical (unpaired) electrons. The SMILES string of the molecule is N#CC(NCc1ccncc1)c1ccc(O)cc1. The lowest BCUT2D eigenvalue weighted by Crippen LogP contribution is -2.19. The molecule has 0 amide bonds. The van der Waals surface area contributed by atoms with Crippen molar-refractivity contribution in [3.05, 3.63) is 59.9 Å². The van der Waals surface area contributed by atoms with Gasteiger partial charge in [0, 0.05) is 18.9 Å². The molecule has 1 aromatic heterocycles. The van der Waals surface area contributed by atoms with Crippen molar-refractivity contribution in [2.75, 3.05) is 0 Å². The van der Waals surface area contributed by atoms with E-state index in [-0.39, 0.29) is 5.75 Å². The van der Waals surface area contributed by atoms with Gasteiger partial charge in [-0.05, 0) is 35.4 Å². The quantitative estimate of drug-likeness (QED) is 0.857. The monoisotopic (exact) mass is 239 g/mol. The zero-order chi connectivity index (χ0) is 12.8. The number of hydrogen-bond donors (Lipinski definition) is 2. The molecule has 0 aliphatic rings. The number of hydrogen-bond acceptors (Lipinski definition) is 4. The summed E-state index contributed by atoms with van der Waals surface area (Å²) in [6, 6.07) is 12.2. The van der Waals surface area contributed by atoms with Gasteiger partial charge >= 0.3 is 0 Å². The standard InChI is InChI=1S/C14H13N3O/c15-9-14(12-1-3-13(18)4-2-12)17-10-11-5-7-16-8-6-11/h1-8,14,17-18H,10H2. The molecule has 18 heavy (non-hydrogen) atoms. The van der Waals surface area contributed by atoms with Crippen LogP contribution in [0.3, 0.4) is 0 Å². The average molecular weight is 239 g/mol. The summed E-state index contributed by atoms with van der Waals surface area (Å²) >= 11 is 0.